The Balaban J connectivity index is 1.61. The third-order valence-electron chi connectivity index (χ3n) is 5.69. The van der Waals surface area contributed by atoms with Crippen molar-refractivity contribution in [1.82, 2.24) is 15.2 Å². The van der Waals surface area contributed by atoms with E-state index in [0.717, 1.165) is 33.4 Å². The average molecular weight is 389 g/mol. The molecule has 3 aromatic rings. The summed E-state index contributed by atoms with van der Waals surface area (Å²) in [6, 6.07) is 12.7. The number of H-pyrrole nitrogens is 1. The number of nitrogens with one attached hydrogen (secondary N) is 2. The molecule has 0 radical (unpaired) electrons. The molecule has 1 unspecified atom stereocenters. The number of urea groups is 1. The molecule has 1 saturated heterocycles. The van der Waals surface area contributed by atoms with E-state index in [1.54, 1.807) is 13.1 Å². The number of ketones is 1. The van der Waals surface area contributed by atoms with Gasteiger partial charge < -0.3 is 10.3 Å². The van der Waals surface area contributed by atoms with Crippen molar-refractivity contribution in [2.45, 2.75) is 32.7 Å². The van der Waals surface area contributed by atoms with E-state index in [1.165, 1.54) is 0 Å². The highest BCUT2D eigenvalue weighted by Crippen LogP contribution is 2.30. The molecule has 2 heterocycles. The molecule has 2 aromatic carbocycles. The van der Waals surface area contributed by atoms with Crippen molar-refractivity contribution in [2.24, 2.45) is 0 Å². The standard InChI is InChI=1S/C23H23N3O3/c1-4-15-6-5-7-17-18(12-24-20(15)17)19(27)13-26-21(28)23(3,25-22(26)29)16-10-8-14(2)9-11-16/h5-12,24H,4,13H2,1-3H3,(H,25,29). The summed E-state index contributed by atoms with van der Waals surface area (Å²) >= 11 is 0. The van der Waals surface area contributed by atoms with Gasteiger partial charge in [-0.1, -0.05) is 55.0 Å². The summed E-state index contributed by atoms with van der Waals surface area (Å²) in [6.07, 6.45) is 2.50. The molecule has 148 valence electrons. The zero-order chi connectivity index (χ0) is 20.8. The maximum atomic E-state index is 13.1. The second-order valence-corrected chi connectivity index (χ2v) is 7.63. The Hall–Kier alpha value is -3.41. The lowest BCUT2D eigenvalue weighted by molar-refractivity contribution is -0.130. The Bertz CT molecular complexity index is 1130. The van der Waals surface area contributed by atoms with Gasteiger partial charge in [0.15, 0.2) is 5.78 Å². The number of carbonyl (C=O) groups is 3. The van der Waals surface area contributed by atoms with Crippen LogP contribution in [0.1, 0.15) is 40.9 Å². The lowest BCUT2D eigenvalue weighted by Gasteiger charge is -2.22. The van der Waals surface area contributed by atoms with Gasteiger partial charge in [-0.2, -0.15) is 0 Å². The number of aryl methyl sites for hydroxylation is 2. The van der Waals surface area contributed by atoms with Gasteiger partial charge in [0, 0.05) is 22.7 Å². The lowest BCUT2D eigenvalue weighted by atomic mass is 9.91. The number of aromatic nitrogens is 1. The van der Waals surface area contributed by atoms with Crippen molar-refractivity contribution in [3.8, 4) is 0 Å². The predicted molar refractivity (Wildman–Crippen MR) is 111 cm³/mol. The van der Waals surface area contributed by atoms with Gasteiger partial charge in [-0.15, -0.1) is 0 Å². The summed E-state index contributed by atoms with van der Waals surface area (Å²) in [5, 5.41) is 3.56. The Labute approximate surface area is 168 Å². The number of carbonyl (C=O) groups excluding carboxylic acids is 3. The summed E-state index contributed by atoms with van der Waals surface area (Å²) in [4.78, 5) is 42.7. The molecule has 0 spiro atoms. The number of benzene rings is 2. The van der Waals surface area contributed by atoms with Crippen molar-refractivity contribution >= 4 is 28.6 Å². The third-order valence-corrected chi connectivity index (χ3v) is 5.69. The number of imide groups is 1. The first-order chi connectivity index (χ1) is 13.8. The molecule has 0 aliphatic carbocycles. The van der Waals surface area contributed by atoms with E-state index in [-0.39, 0.29) is 12.3 Å². The van der Waals surface area contributed by atoms with E-state index in [2.05, 4.69) is 17.2 Å². The van der Waals surface area contributed by atoms with Crippen molar-refractivity contribution in [2.75, 3.05) is 6.54 Å². The van der Waals surface area contributed by atoms with Crippen molar-refractivity contribution < 1.29 is 14.4 Å². The molecule has 6 heteroatoms. The Morgan fingerprint density at radius 1 is 1.10 bits per heavy atom. The highest BCUT2D eigenvalue weighted by molar-refractivity contribution is 6.14. The molecule has 1 atom stereocenters. The smallest absolute Gasteiger partial charge is 0.325 e. The van der Waals surface area contributed by atoms with Crippen molar-refractivity contribution in [3.05, 3.63) is 70.9 Å². The molecule has 0 saturated carbocycles. The van der Waals surface area contributed by atoms with E-state index in [9.17, 15) is 14.4 Å². The quantitative estimate of drug-likeness (QED) is 0.516. The second-order valence-electron chi connectivity index (χ2n) is 7.63. The maximum absolute atomic E-state index is 13.1. The summed E-state index contributed by atoms with van der Waals surface area (Å²) in [5.74, 6) is -0.699. The number of hydrogen-bond acceptors (Lipinski definition) is 3. The zero-order valence-electron chi connectivity index (χ0n) is 16.7. The van der Waals surface area contributed by atoms with Crippen LogP contribution in [-0.4, -0.2) is 34.2 Å². The fourth-order valence-corrected chi connectivity index (χ4v) is 3.89. The molecule has 3 amide bonds. The summed E-state index contributed by atoms with van der Waals surface area (Å²) in [7, 11) is 0. The SMILES string of the molecule is CCc1cccc2c(C(=O)CN3C(=O)NC(C)(c4ccc(C)cc4)C3=O)c[nH]c12. The molecule has 1 aromatic heterocycles. The maximum Gasteiger partial charge on any atom is 0.325 e. The minimum atomic E-state index is -1.18. The van der Waals surface area contributed by atoms with Gasteiger partial charge >= 0.3 is 6.03 Å². The molecule has 6 nitrogen and oxygen atoms in total. The molecular formula is C23H23N3O3. The number of rotatable bonds is 5. The van der Waals surface area contributed by atoms with Crippen LogP contribution in [0.15, 0.2) is 48.7 Å². The average Bonchev–Trinajstić information content (AvgIpc) is 3.23. The van der Waals surface area contributed by atoms with Crippen LogP contribution in [-0.2, 0) is 16.8 Å². The van der Waals surface area contributed by atoms with Crippen LogP contribution in [0.2, 0.25) is 0 Å². The molecular weight excluding hydrogens is 366 g/mol. The highest BCUT2D eigenvalue weighted by Gasteiger charge is 2.49. The van der Waals surface area contributed by atoms with E-state index in [4.69, 9.17) is 0 Å². The van der Waals surface area contributed by atoms with Crippen LogP contribution < -0.4 is 5.32 Å². The zero-order valence-corrected chi connectivity index (χ0v) is 16.7. The number of fused-ring (bicyclic) bond motifs is 1. The number of nitrogens with zero attached hydrogens (tertiary/aromatic N) is 1. The van der Waals surface area contributed by atoms with E-state index in [0.29, 0.717) is 11.1 Å². The summed E-state index contributed by atoms with van der Waals surface area (Å²) < 4.78 is 0. The first-order valence-electron chi connectivity index (χ1n) is 9.68. The minimum absolute atomic E-state index is 0.277. The number of aromatic amines is 1. The number of para-hydroxylation sites is 1. The molecule has 2 N–H and O–H groups in total. The molecule has 0 bridgehead atoms. The molecule has 1 fully saturated rings. The largest absolute Gasteiger partial charge is 0.360 e. The van der Waals surface area contributed by atoms with Crippen LogP contribution in [0, 0.1) is 6.92 Å². The number of hydrogen-bond donors (Lipinski definition) is 2. The third kappa shape index (κ3) is 3.01. The van der Waals surface area contributed by atoms with Crippen LogP contribution in [0.3, 0.4) is 0 Å². The van der Waals surface area contributed by atoms with E-state index in [1.807, 2.05) is 49.4 Å². The van der Waals surface area contributed by atoms with Gasteiger partial charge in [-0.05, 0) is 31.4 Å². The minimum Gasteiger partial charge on any atom is -0.360 e. The Morgan fingerprint density at radius 2 is 1.83 bits per heavy atom. The lowest BCUT2D eigenvalue weighted by Crippen LogP contribution is -2.41. The van der Waals surface area contributed by atoms with Crippen LogP contribution in [0.4, 0.5) is 4.79 Å². The van der Waals surface area contributed by atoms with Crippen molar-refractivity contribution in [3.63, 3.8) is 0 Å². The van der Waals surface area contributed by atoms with E-state index >= 15 is 0 Å². The van der Waals surface area contributed by atoms with Crippen molar-refractivity contribution in [1.29, 1.82) is 0 Å². The number of amides is 3. The van der Waals surface area contributed by atoms with Crippen LogP contribution in [0.25, 0.3) is 10.9 Å². The van der Waals surface area contributed by atoms with Gasteiger partial charge in [0.1, 0.15) is 5.54 Å². The fourth-order valence-electron chi connectivity index (χ4n) is 3.89. The summed E-state index contributed by atoms with van der Waals surface area (Å²) in [6.45, 7) is 5.38. The molecule has 1 aliphatic rings. The topological polar surface area (TPSA) is 82.3 Å². The van der Waals surface area contributed by atoms with Gasteiger partial charge in [0.05, 0.1) is 6.54 Å². The first kappa shape index (κ1) is 18.9. The van der Waals surface area contributed by atoms with Crippen LogP contribution >= 0.6 is 0 Å². The second kappa shape index (κ2) is 6.88. The van der Waals surface area contributed by atoms with Crippen LogP contribution in [0.5, 0.6) is 0 Å². The monoisotopic (exact) mass is 389 g/mol. The fraction of sp³-hybridized carbons (Fsp3) is 0.261. The number of Topliss-reactive ketones (excluding diaryl/α,β-unsaturated/α-hetero) is 1. The normalized spacial score (nSPS) is 19.1. The molecule has 4 rings (SSSR count). The molecule has 1 aliphatic heterocycles. The predicted octanol–water partition coefficient (Wildman–Crippen LogP) is 3.69. The van der Waals surface area contributed by atoms with Gasteiger partial charge in [-0.3, -0.25) is 14.5 Å². The van der Waals surface area contributed by atoms with Gasteiger partial charge in [-0.25, -0.2) is 4.79 Å². The Morgan fingerprint density at radius 3 is 2.52 bits per heavy atom. The van der Waals surface area contributed by atoms with E-state index < -0.39 is 17.5 Å². The molecule has 29 heavy (non-hydrogen) atoms. The first-order valence-corrected chi connectivity index (χ1v) is 9.68. The van der Waals surface area contributed by atoms with Gasteiger partial charge in [0.25, 0.3) is 5.91 Å². The van der Waals surface area contributed by atoms with Gasteiger partial charge in [0.2, 0.25) is 0 Å². The highest BCUT2D eigenvalue weighted by atomic mass is 16.2. The Kier molecular flexibility index (Phi) is 4.49. The summed E-state index contributed by atoms with van der Waals surface area (Å²) in [5.41, 5.74) is 3.09.